The van der Waals surface area contributed by atoms with Gasteiger partial charge < -0.3 is 10.6 Å². The minimum Gasteiger partial charge on any atom is -0.352 e. The van der Waals surface area contributed by atoms with Gasteiger partial charge in [-0.3, -0.25) is 14.5 Å². The minimum absolute atomic E-state index is 0.0162. The van der Waals surface area contributed by atoms with Gasteiger partial charge in [0.1, 0.15) is 0 Å². The maximum atomic E-state index is 12.5. The van der Waals surface area contributed by atoms with Crippen LogP contribution in [0, 0.1) is 6.92 Å². The van der Waals surface area contributed by atoms with Gasteiger partial charge in [0.15, 0.2) is 0 Å². The van der Waals surface area contributed by atoms with E-state index in [0.717, 1.165) is 35.1 Å². The molecule has 0 saturated carbocycles. The molecule has 1 aliphatic heterocycles. The normalized spacial score (nSPS) is 19.9. The molecule has 23 heavy (non-hydrogen) atoms. The van der Waals surface area contributed by atoms with Gasteiger partial charge in [0.05, 0.1) is 11.7 Å². The molecule has 1 aliphatic rings. The van der Waals surface area contributed by atoms with E-state index >= 15 is 0 Å². The van der Waals surface area contributed by atoms with Crippen LogP contribution in [0.4, 0.5) is 5.69 Å². The predicted molar refractivity (Wildman–Crippen MR) is 95.4 cm³/mol. The number of hydrogen-bond donors (Lipinski definition) is 2. The van der Waals surface area contributed by atoms with Crippen molar-refractivity contribution in [3.63, 3.8) is 0 Å². The second-order valence-corrected chi connectivity index (χ2v) is 7.04. The smallest absolute Gasteiger partial charge is 0.241 e. The number of anilines is 1. The molecule has 2 amide bonds. The summed E-state index contributed by atoms with van der Waals surface area (Å²) in [4.78, 5) is 25.9. The van der Waals surface area contributed by atoms with Crippen LogP contribution in [-0.4, -0.2) is 41.9 Å². The Morgan fingerprint density at radius 1 is 1.39 bits per heavy atom. The molecule has 5 nitrogen and oxygen atoms in total. The van der Waals surface area contributed by atoms with Gasteiger partial charge in [-0.2, -0.15) is 0 Å². The second kappa shape index (κ2) is 7.93. The van der Waals surface area contributed by atoms with Crippen LogP contribution in [-0.2, 0) is 9.59 Å². The molecule has 2 rings (SSSR count). The molecule has 2 atom stereocenters. The molecular formula is C17H24BrN3O2. The molecule has 1 saturated heterocycles. The highest BCUT2D eigenvalue weighted by Gasteiger charge is 2.27. The number of amides is 2. The van der Waals surface area contributed by atoms with Crippen LogP contribution in [0.25, 0.3) is 0 Å². The molecular weight excluding hydrogens is 358 g/mol. The van der Waals surface area contributed by atoms with E-state index in [4.69, 9.17) is 0 Å². The summed E-state index contributed by atoms with van der Waals surface area (Å²) in [5, 5.41) is 5.93. The lowest BCUT2D eigenvalue weighted by Crippen LogP contribution is -2.52. The van der Waals surface area contributed by atoms with Gasteiger partial charge in [-0.1, -0.05) is 6.07 Å². The number of benzene rings is 1. The van der Waals surface area contributed by atoms with Crippen LogP contribution >= 0.6 is 15.9 Å². The summed E-state index contributed by atoms with van der Waals surface area (Å²) in [5.41, 5.74) is 1.92. The molecule has 0 aromatic heterocycles. The van der Waals surface area contributed by atoms with Gasteiger partial charge in [-0.25, -0.2) is 0 Å². The maximum Gasteiger partial charge on any atom is 0.241 e. The number of carbonyl (C=O) groups excluding carboxylic acids is 2. The number of nitrogens with zero attached hydrogens (tertiary/aromatic N) is 1. The van der Waals surface area contributed by atoms with Crippen molar-refractivity contribution < 1.29 is 9.59 Å². The van der Waals surface area contributed by atoms with Gasteiger partial charge in [0.25, 0.3) is 0 Å². The van der Waals surface area contributed by atoms with E-state index < -0.39 is 0 Å². The standard InChI is InChI=1S/C17H24BrN3O2/c1-11-6-7-16(15(18)9-11)20-17(23)12(2)21-8-4-5-14(10-21)19-13(3)22/h6-7,9,12,14H,4-5,8,10H2,1-3H3,(H,19,22)(H,20,23). The fraction of sp³-hybridized carbons (Fsp3) is 0.529. The molecule has 0 radical (unpaired) electrons. The topological polar surface area (TPSA) is 61.4 Å². The largest absolute Gasteiger partial charge is 0.352 e. The Kier molecular flexibility index (Phi) is 6.18. The molecule has 0 aliphatic carbocycles. The third-order valence-electron chi connectivity index (χ3n) is 4.17. The van der Waals surface area contributed by atoms with Crippen molar-refractivity contribution in [1.82, 2.24) is 10.2 Å². The highest BCUT2D eigenvalue weighted by molar-refractivity contribution is 9.10. The van der Waals surface area contributed by atoms with E-state index in [-0.39, 0.29) is 23.9 Å². The highest BCUT2D eigenvalue weighted by atomic mass is 79.9. The highest BCUT2D eigenvalue weighted by Crippen LogP contribution is 2.24. The Labute approximate surface area is 145 Å². The fourth-order valence-corrected chi connectivity index (χ4v) is 3.48. The van der Waals surface area contributed by atoms with E-state index in [1.807, 2.05) is 32.0 Å². The van der Waals surface area contributed by atoms with Gasteiger partial charge in [0.2, 0.25) is 11.8 Å². The molecule has 0 bridgehead atoms. The van der Waals surface area contributed by atoms with Gasteiger partial charge in [0, 0.05) is 24.0 Å². The first-order valence-electron chi connectivity index (χ1n) is 7.95. The molecule has 1 aromatic rings. The molecule has 0 spiro atoms. The summed E-state index contributed by atoms with van der Waals surface area (Å²) in [7, 11) is 0. The third-order valence-corrected chi connectivity index (χ3v) is 4.83. The average Bonchev–Trinajstić information content (AvgIpc) is 2.49. The van der Waals surface area contributed by atoms with Crippen LogP contribution in [0.2, 0.25) is 0 Å². The summed E-state index contributed by atoms with van der Waals surface area (Å²) >= 11 is 3.48. The van der Waals surface area contributed by atoms with Gasteiger partial charge >= 0.3 is 0 Å². The van der Waals surface area contributed by atoms with Crippen LogP contribution < -0.4 is 10.6 Å². The van der Waals surface area contributed by atoms with Crippen molar-refractivity contribution in [2.45, 2.75) is 45.7 Å². The lowest BCUT2D eigenvalue weighted by atomic mass is 10.0. The first-order chi connectivity index (χ1) is 10.9. The number of piperidine rings is 1. The van der Waals surface area contributed by atoms with E-state index in [1.165, 1.54) is 6.92 Å². The molecule has 1 heterocycles. The van der Waals surface area contributed by atoms with Crippen molar-refractivity contribution in [3.05, 3.63) is 28.2 Å². The lowest BCUT2D eigenvalue weighted by Gasteiger charge is -2.36. The summed E-state index contributed by atoms with van der Waals surface area (Å²) in [6.45, 7) is 7.04. The SMILES string of the molecule is CC(=O)NC1CCCN(C(C)C(=O)Nc2ccc(C)cc2Br)C1. The molecule has 2 N–H and O–H groups in total. The van der Waals surface area contributed by atoms with E-state index in [1.54, 1.807) is 0 Å². The molecule has 2 unspecified atom stereocenters. The summed E-state index contributed by atoms with van der Waals surface area (Å²) in [5.74, 6) is -0.0458. The Hall–Kier alpha value is -1.40. The first kappa shape index (κ1) is 17.9. The van der Waals surface area contributed by atoms with Crippen LogP contribution in [0.5, 0.6) is 0 Å². The molecule has 126 valence electrons. The van der Waals surface area contributed by atoms with Crippen molar-refractivity contribution in [3.8, 4) is 0 Å². The lowest BCUT2D eigenvalue weighted by molar-refractivity contribution is -0.121. The van der Waals surface area contributed by atoms with Gasteiger partial charge in [-0.15, -0.1) is 0 Å². The number of aryl methyl sites for hydroxylation is 1. The zero-order valence-electron chi connectivity index (χ0n) is 13.9. The number of carbonyl (C=O) groups is 2. The van der Waals surface area contributed by atoms with E-state index in [2.05, 4.69) is 31.5 Å². The average molecular weight is 382 g/mol. The fourth-order valence-electron chi connectivity index (χ4n) is 2.89. The summed E-state index contributed by atoms with van der Waals surface area (Å²) < 4.78 is 0.882. The summed E-state index contributed by atoms with van der Waals surface area (Å²) in [6, 6.07) is 5.75. The van der Waals surface area contributed by atoms with E-state index in [9.17, 15) is 9.59 Å². The number of nitrogens with one attached hydrogen (secondary N) is 2. The third kappa shape index (κ3) is 5.04. The second-order valence-electron chi connectivity index (χ2n) is 6.18. The number of rotatable bonds is 4. The minimum atomic E-state index is -0.236. The van der Waals surface area contributed by atoms with Crippen molar-refractivity contribution in [2.24, 2.45) is 0 Å². The Bertz CT molecular complexity index is 591. The quantitative estimate of drug-likeness (QED) is 0.842. The zero-order valence-corrected chi connectivity index (χ0v) is 15.4. The predicted octanol–water partition coefficient (Wildman–Crippen LogP) is 2.69. The summed E-state index contributed by atoms with van der Waals surface area (Å²) in [6.07, 6.45) is 1.95. The molecule has 1 aromatic carbocycles. The van der Waals surface area contributed by atoms with Crippen LogP contribution in [0.15, 0.2) is 22.7 Å². The monoisotopic (exact) mass is 381 g/mol. The van der Waals surface area contributed by atoms with Crippen molar-refractivity contribution in [2.75, 3.05) is 18.4 Å². The van der Waals surface area contributed by atoms with E-state index in [0.29, 0.717) is 6.54 Å². The van der Waals surface area contributed by atoms with Crippen LogP contribution in [0.3, 0.4) is 0 Å². The van der Waals surface area contributed by atoms with Crippen molar-refractivity contribution in [1.29, 1.82) is 0 Å². The molecule has 6 heteroatoms. The zero-order chi connectivity index (χ0) is 17.0. The number of halogens is 1. The Morgan fingerprint density at radius 3 is 2.78 bits per heavy atom. The number of hydrogen-bond acceptors (Lipinski definition) is 3. The van der Waals surface area contributed by atoms with Crippen molar-refractivity contribution >= 4 is 33.4 Å². The first-order valence-corrected chi connectivity index (χ1v) is 8.74. The maximum absolute atomic E-state index is 12.5. The Morgan fingerprint density at radius 2 is 2.13 bits per heavy atom. The number of likely N-dealkylation sites (tertiary alicyclic amines) is 1. The Balaban J connectivity index is 1.97. The van der Waals surface area contributed by atoms with Gasteiger partial charge in [-0.05, 0) is 66.9 Å². The van der Waals surface area contributed by atoms with Crippen LogP contribution in [0.1, 0.15) is 32.3 Å². The molecule has 1 fully saturated rings.